The predicted molar refractivity (Wildman–Crippen MR) is 134 cm³/mol. The maximum absolute atomic E-state index is 13.3. The number of nitrogens with one attached hydrogen (secondary N) is 2. The maximum Gasteiger partial charge on any atom is 0.285 e. The molecule has 2 unspecified atom stereocenters. The van der Waals surface area contributed by atoms with Crippen LogP contribution in [-0.2, 0) is 9.59 Å². The summed E-state index contributed by atoms with van der Waals surface area (Å²) in [6.07, 6.45) is -0.926. The van der Waals surface area contributed by atoms with Crippen LogP contribution < -0.4 is 25.0 Å². The van der Waals surface area contributed by atoms with Gasteiger partial charge in [0.1, 0.15) is 17.5 Å². The summed E-state index contributed by atoms with van der Waals surface area (Å²) in [5.74, 6) is -0.402. The number of benzene rings is 3. The largest absolute Gasteiger partial charge is 0.504 e. The van der Waals surface area contributed by atoms with Crippen LogP contribution in [0.4, 0.5) is 5.69 Å². The van der Waals surface area contributed by atoms with Crippen LogP contribution in [0.3, 0.4) is 0 Å². The van der Waals surface area contributed by atoms with E-state index in [4.69, 9.17) is 14.2 Å². The summed E-state index contributed by atoms with van der Waals surface area (Å²) in [5, 5.41) is 13.9. The lowest BCUT2D eigenvalue weighted by Gasteiger charge is -2.46. The van der Waals surface area contributed by atoms with Crippen LogP contribution in [-0.4, -0.2) is 47.7 Å². The fraction of sp³-hybridized carbons (Fsp3) is 0.222. The van der Waals surface area contributed by atoms with E-state index in [0.717, 1.165) is 0 Å². The van der Waals surface area contributed by atoms with Crippen LogP contribution in [0.25, 0.3) is 0 Å². The Labute approximate surface area is 213 Å². The Hall–Kier alpha value is -4.73. The summed E-state index contributed by atoms with van der Waals surface area (Å²) in [6, 6.07) is 17.4. The molecule has 2 atom stereocenters. The number of β-lactam (4-membered cyclic amide) rings is 1. The molecule has 0 aliphatic carbocycles. The molecular weight excluding hydrogens is 478 g/mol. The Balaban J connectivity index is 1.63. The minimum atomic E-state index is -0.926. The number of hydrazine groups is 1. The third-order valence-corrected chi connectivity index (χ3v) is 5.67. The first kappa shape index (κ1) is 25.4. The van der Waals surface area contributed by atoms with Crippen LogP contribution in [0.1, 0.15) is 35.8 Å². The molecule has 1 aliphatic heterocycles. The molecule has 3 N–H and O–H groups in total. The molecule has 3 amide bonds. The fourth-order valence-corrected chi connectivity index (χ4v) is 3.99. The number of nitrogens with zero attached hydrogens (tertiary/aromatic N) is 1. The van der Waals surface area contributed by atoms with Gasteiger partial charge in [-0.3, -0.25) is 19.8 Å². The Morgan fingerprint density at radius 1 is 1.03 bits per heavy atom. The first-order valence-corrected chi connectivity index (χ1v) is 11.6. The maximum atomic E-state index is 13.3. The van der Waals surface area contributed by atoms with Crippen LogP contribution >= 0.6 is 0 Å². The summed E-state index contributed by atoms with van der Waals surface area (Å²) in [6.45, 7) is 3.43. The normalized spacial score (nSPS) is 16.4. The molecule has 3 aromatic rings. The number of ether oxygens (including phenoxy) is 3. The third kappa shape index (κ3) is 5.43. The summed E-state index contributed by atoms with van der Waals surface area (Å²) in [4.78, 5) is 37.8. The number of phenolic OH excluding ortho intramolecular Hbond substituents is 1. The van der Waals surface area contributed by atoms with Crippen molar-refractivity contribution in [1.82, 2.24) is 10.4 Å². The number of para-hydroxylation sites is 1. The average molecular weight is 506 g/mol. The van der Waals surface area contributed by atoms with Crippen molar-refractivity contribution in [1.29, 1.82) is 0 Å². The molecule has 0 spiro atoms. The number of phenols is 1. The third-order valence-electron chi connectivity index (χ3n) is 5.67. The number of aromatic hydroxyl groups is 1. The number of rotatable bonds is 9. The average Bonchev–Trinajstić information content (AvgIpc) is 2.89. The SMILES string of the molecule is CCOc1cc(NC(C)=O)ccc1C(=O)NN1C(=O)C(Oc2ccccc2)C1c1ccc(O)c(OC)c1. The lowest BCUT2D eigenvalue weighted by atomic mass is 9.92. The smallest absolute Gasteiger partial charge is 0.285 e. The van der Waals surface area contributed by atoms with Crippen molar-refractivity contribution in [2.24, 2.45) is 0 Å². The minimum Gasteiger partial charge on any atom is -0.504 e. The zero-order valence-electron chi connectivity index (χ0n) is 20.6. The van der Waals surface area contributed by atoms with Gasteiger partial charge in [0.05, 0.1) is 19.3 Å². The van der Waals surface area contributed by atoms with Crippen molar-refractivity contribution in [2.45, 2.75) is 26.0 Å². The quantitative estimate of drug-likeness (QED) is 0.380. The predicted octanol–water partition coefficient (Wildman–Crippen LogP) is 3.43. The van der Waals surface area contributed by atoms with E-state index in [1.165, 1.54) is 31.2 Å². The van der Waals surface area contributed by atoms with Crippen molar-refractivity contribution in [2.75, 3.05) is 19.0 Å². The first-order valence-electron chi connectivity index (χ1n) is 11.6. The number of carbonyl (C=O) groups excluding carboxylic acids is 3. The molecule has 192 valence electrons. The summed E-state index contributed by atoms with van der Waals surface area (Å²) < 4.78 is 16.8. The van der Waals surface area contributed by atoms with Gasteiger partial charge in [-0.2, -0.15) is 0 Å². The molecule has 37 heavy (non-hydrogen) atoms. The fourth-order valence-electron chi connectivity index (χ4n) is 3.99. The second kappa shape index (κ2) is 10.9. The highest BCUT2D eigenvalue weighted by Gasteiger charge is 2.52. The number of hydrogen-bond donors (Lipinski definition) is 3. The van der Waals surface area contributed by atoms with Crippen LogP contribution in [0, 0.1) is 0 Å². The molecular formula is C27H27N3O7. The molecule has 4 rings (SSSR count). The Morgan fingerprint density at radius 3 is 2.46 bits per heavy atom. The molecule has 0 saturated carbocycles. The Kier molecular flexibility index (Phi) is 7.47. The zero-order chi connectivity index (χ0) is 26.5. The van der Waals surface area contributed by atoms with E-state index in [2.05, 4.69) is 10.7 Å². The molecule has 1 heterocycles. The van der Waals surface area contributed by atoms with Crippen LogP contribution in [0.15, 0.2) is 66.7 Å². The van der Waals surface area contributed by atoms with Gasteiger partial charge < -0.3 is 24.6 Å². The van der Waals surface area contributed by atoms with Gasteiger partial charge in [0.2, 0.25) is 12.0 Å². The van der Waals surface area contributed by atoms with E-state index >= 15 is 0 Å². The van der Waals surface area contributed by atoms with E-state index in [9.17, 15) is 19.5 Å². The highest BCUT2D eigenvalue weighted by Crippen LogP contribution is 2.39. The lowest BCUT2D eigenvalue weighted by molar-refractivity contribution is -0.169. The van der Waals surface area contributed by atoms with Crippen LogP contribution in [0.2, 0.25) is 0 Å². The Morgan fingerprint density at radius 2 is 1.78 bits per heavy atom. The van der Waals surface area contributed by atoms with Gasteiger partial charge >= 0.3 is 0 Å². The summed E-state index contributed by atoms with van der Waals surface area (Å²) >= 11 is 0. The van der Waals surface area contributed by atoms with Crippen LogP contribution in [0.5, 0.6) is 23.0 Å². The van der Waals surface area contributed by atoms with E-state index in [1.807, 2.05) is 6.07 Å². The molecule has 1 saturated heterocycles. The highest BCUT2D eigenvalue weighted by molar-refractivity contribution is 6.00. The number of hydrogen-bond acceptors (Lipinski definition) is 7. The van der Waals surface area contributed by atoms with Gasteiger partial charge in [-0.1, -0.05) is 24.3 Å². The highest BCUT2D eigenvalue weighted by atomic mass is 16.5. The van der Waals surface area contributed by atoms with Crippen molar-refractivity contribution in [3.63, 3.8) is 0 Å². The van der Waals surface area contributed by atoms with Crippen molar-refractivity contribution >= 4 is 23.4 Å². The van der Waals surface area contributed by atoms with Gasteiger partial charge in [-0.15, -0.1) is 0 Å². The standard InChI is InChI=1S/C27H27N3O7/c1-4-36-22-15-18(28-16(2)31)11-12-20(22)26(33)29-30-24(17-10-13-21(32)23(14-17)35-3)25(27(30)34)37-19-8-6-5-7-9-19/h5-15,24-25,32H,4H2,1-3H3,(H,28,31)(H,29,33). The van der Waals surface area contributed by atoms with Gasteiger partial charge in [-0.25, -0.2) is 5.01 Å². The molecule has 0 bridgehead atoms. The van der Waals surface area contributed by atoms with Crippen molar-refractivity contribution < 1.29 is 33.7 Å². The molecule has 1 fully saturated rings. The monoisotopic (exact) mass is 505 g/mol. The first-order chi connectivity index (χ1) is 17.8. The zero-order valence-corrected chi connectivity index (χ0v) is 20.6. The number of methoxy groups -OCH3 is 1. The van der Waals surface area contributed by atoms with Crippen molar-refractivity contribution in [3.8, 4) is 23.0 Å². The van der Waals surface area contributed by atoms with Crippen molar-refractivity contribution in [3.05, 3.63) is 77.9 Å². The lowest BCUT2D eigenvalue weighted by Crippen LogP contribution is -2.67. The van der Waals surface area contributed by atoms with E-state index in [0.29, 0.717) is 17.0 Å². The van der Waals surface area contributed by atoms with E-state index in [1.54, 1.807) is 55.5 Å². The summed E-state index contributed by atoms with van der Waals surface area (Å²) in [5.41, 5.74) is 3.89. The van der Waals surface area contributed by atoms with Gasteiger partial charge in [-0.05, 0) is 48.9 Å². The van der Waals surface area contributed by atoms with E-state index in [-0.39, 0.29) is 35.3 Å². The summed E-state index contributed by atoms with van der Waals surface area (Å²) in [7, 11) is 1.42. The second-order valence-corrected chi connectivity index (χ2v) is 8.20. The number of carbonyl (C=O) groups is 3. The topological polar surface area (TPSA) is 126 Å². The molecule has 10 nitrogen and oxygen atoms in total. The number of anilines is 1. The number of amides is 3. The molecule has 0 radical (unpaired) electrons. The molecule has 1 aliphatic rings. The van der Waals surface area contributed by atoms with E-state index < -0.39 is 24.0 Å². The minimum absolute atomic E-state index is 0.0615. The molecule has 3 aromatic carbocycles. The van der Waals surface area contributed by atoms with Gasteiger partial charge in [0.25, 0.3) is 11.8 Å². The Bertz CT molecular complexity index is 1310. The second-order valence-electron chi connectivity index (χ2n) is 8.20. The van der Waals surface area contributed by atoms with Gasteiger partial charge in [0, 0.05) is 18.7 Å². The molecule has 10 heteroatoms. The molecule has 0 aromatic heterocycles. The van der Waals surface area contributed by atoms with Gasteiger partial charge in [0.15, 0.2) is 11.5 Å².